The van der Waals surface area contributed by atoms with E-state index in [1.54, 1.807) is 0 Å². The molecule has 15 heavy (non-hydrogen) atoms. The highest BCUT2D eigenvalue weighted by Crippen LogP contribution is 2.05. The highest BCUT2D eigenvalue weighted by Gasteiger charge is 2.07. The Morgan fingerprint density at radius 3 is 2.27 bits per heavy atom. The summed E-state index contributed by atoms with van der Waals surface area (Å²) in [6, 6.07) is 8.32. The van der Waals surface area contributed by atoms with Crippen LogP contribution in [0.15, 0.2) is 24.3 Å². The van der Waals surface area contributed by atoms with Crippen LogP contribution in [-0.2, 0) is 11.0 Å². The van der Waals surface area contributed by atoms with Crippen LogP contribution in [0.25, 0.3) is 0 Å². The lowest BCUT2D eigenvalue weighted by Gasteiger charge is -2.03. The molecule has 0 heterocycles. The Morgan fingerprint density at radius 1 is 1.20 bits per heavy atom. The van der Waals surface area contributed by atoms with Crippen molar-refractivity contribution in [1.82, 2.24) is 0 Å². The summed E-state index contributed by atoms with van der Waals surface area (Å²) >= 11 is 0. The number of hydrogen-bond donors (Lipinski definition) is 0. The van der Waals surface area contributed by atoms with Crippen molar-refractivity contribution >= 4 is 18.6 Å². The second-order valence-electron chi connectivity index (χ2n) is 4.63. The summed E-state index contributed by atoms with van der Waals surface area (Å²) in [5.41, 5.74) is 5.69. The van der Waals surface area contributed by atoms with Crippen LogP contribution in [0.2, 0.25) is 19.6 Å². The van der Waals surface area contributed by atoms with E-state index in [1.807, 2.05) is 0 Å². The molecule has 0 atom stereocenters. The molecule has 0 amide bonds. The third-order valence-corrected chi connectivity index (χ3v) is 3.01. The van der Waals surface area contributed by atoms with Gasteiger partial charge in [-0.15, -0.1) is 5.54 Å². The van der Waals surface area contributed by atoms with Crippen molar-refractivity contribution in [2.45, 2.75) is 26.2 Å². The predicted octanol–water partition coefficient (Wildman–Crippen LogP) is 1.71. The molecule has 0 saturated carbocycles. The van der Waals surface area contributed by atoms with Gasteiger partial charge in [-0.05, 0) is 17.7 Å². The van der Waals surface area contributed by atoms with Crippen molar-refractivity contribution in [3.05, 3.63) is 35.4 Å². The summed E-state index contributed by atoms with van der Waals surface area (Å²) < 4.78 is 5.19. The molecule has 1 nitrogen and oxygen atoms in total. The molecule has 1 aromatic carbocycles. The smallest absolute Gasteiger partial charge is 0.146 e. The van der Waals surface area contributed by atoms with Gasteiger partial charge in [-0.25, -0.2) is 0 Å². The molecule has 0 aliphatic rings. The maximum absolute atomic E-state index is 5.19. The summed E-state index contributed by atoms with van der Waals surface area (Å²) in [5, 5.41) is 0. The van der Waals surface area contributed by atoms with Gasteiger partial charge in [0.2, 0.25) is 0 Å². The maximum atomic E-state index is 5.19. The van der Waals surface area contributed by atoms with Crippen molar-refractivity contribution < 1.29 is 4.43 Å². The van der Waals surface area contributed by atoms with Crippen LogP contribution >= 0.6 is 0 Å². The largest absolute Gasteiger partial charge is 0.424 e. The molecule has 0 N–H and O–H groups in total. The average molecular weight is 234 g/mol. The molecule has 3 heteroatoms. The molecule has 0 aliphatic carbocycles. The lowest BCUT2D eigenvalue weighted by molar-refractivity contribution is 0.338. The van der Waals surface area contributed by atoms with E-state index >= 15 is 0 Å². The molecule has 0 aromatic heterocycles. The Hall–Kier alpha value is -0.826. The Bertz CT molecular complexity index is 365. The van der Waals surface area contributed by atoms with Crippen LogP contribution < -0.4 is 0 Å². The van der Waals surface area contributed by atoms with E-state index in [0.29, 0.717) is 0 Å². The Morgan fingerprint density at radius 2 is 1.80 bits per heavy atom. The monoisotopic (exact) mass is 234 g/mol. The molecule has 0 radical (unpaired) electrons. The average Bonchev–Trinajstić information content (AvgIpc) is 2.16. The first-order valence-electron chi connectivity index (χ1n) is 5.12. The van der Waals surface area contributed by atoms with Crippen LogP contribution in [-0.4, -0.2) is 18.6 Å². The van der Waals surface area contributed by atoms with Crippen molar-refractivity contribution in [1.29, 1.82) is 0 Å². The number of hydrogen-bond acceptors (Lipinski definition) is 1. The van der Waals surface area contributed by atoms with Gasteiger partial charge < -0.3 is 4.43 Å². The number of rotatable bonds is 2. The summed E-state index contributed by atoms with van der Waals surface area (Å²) in [6.07, 6.45) is 0. The van der Waals surface area contributed by atoms with Crippen LogP contribution in [0, 0.1) is 11.5 Å². The van der Waals surface area contributed by atoms with Crippen LogP contribution in [0.3, 0.4) is 0 Å². The maximum Gasteiger partial charge on any atom is 0.146 e. The van der Waals surface area contributed by atoms with Gasteiger partial charge in [0.05, 0.1) is 6.61 Å². The van der Waals surface area contributed by atoms with E-state index in [2.05, 4.69) is 55.4 Å². The van der Waals surface area contributed by atoms with Crippen molar-refractivity contribution in [3.63, 3.8) is 0 Å². The van der Waals surface area contributed by atoms with Crippen LogP contribution in [0.5, 0.6) is 0 Å². The number of benzene rings is 1. The molecular formula is C12H18OSi2. The molecule has 0 bridgehead atoms. The summed E-state index contributed by atoms with van der Waals surface area (Å²) in [7, 11) is -0.454. The highest BCUT2D eigenvalue weighted by atomic mass is 28.3. The van der Waals surface area contributed by atoms with Gasteiger partial charge in [-0.3, -0.25) is 0 Å². The molecule has 80 valence electrons. The van der Waals surface area contributed by atoms with E-state index in [4.69, 9.17) is 4.43 Å². The molecule has 0 saturated heterocycles. The zero-order valence-electron chi connectivity index (χ0n) is 9.92. The van der Waals surface area contributed by atoms with Gasteiger partial charge in [0.25, 0.3) is 0 Å². The van der Waals surface area contributed by atoms with E-state index in [0.717, 1.165) is 22.7 Å². The third kappa shape index (κ3) is 4.98. The quantitative estimate of drug-likeness (QED) is 0.559. The van der Waals surface area contributed by atoms with Gasteiger partial charge in [0.15, 0.2) is 0 Å². The molecular weight excluding hydrogens is 216 g/mol. The van der Waals surface area contributed by atoms with Crippen LogP contribution in [0.1, 0.15) is 11.1 Å². The van der Waals surface area contributed by atoms with E-state index in [1.165, 1.54) is 5.56 Å². The standard InChI is InChI=1S/C12H18OSi2/c1-15(2,3)9-8-11-4-6-12(7-5-11)10-13-14/h4-7H,10H2,1-3,14H3. The summed E-state index contributed by atoms with van der Waals surface area (Å²) in [4.78, 5) is 0. The third-order valence-electron chi connectivity index (χ3n) is 1.85. The summed E-state index contributed by atoms with van der Waals surface area (Å²) in [6.45, 7) is 7.49. The fourth-order valence-corrected chi connectivity index (χ4v) is 1.96. The van der Waals surface area contributed by atoms with E-state index < -0.39 is 8.07 Å². The Labute approximate surface area is 96.4 Å². The summed E-state index contributed by atoms with van der Waals surface area (Å²) in [5.74, 6) is 3.23. The first-order chi connectivity index (χ1) is 7.01. The minimum atomic E-state index is -1.25. The fraction of sp³-hybridized carbons (Fsp3) is 0.333. The van der Waals surface area contributed by atoms with E-state index in [9.17, 15) is 0 Å². The van der Waals surface area contributed by atoms with Crippen LogP contribution in [0.4, 0.5) is 0 Å². The lowest BCUT2D eigenvalue weighted by Crippen LogP contribution is -2.16. The van der Waals surface area contributed by atoms with Gasteiger partial charge >= 0.3 is 0 Å². The predicted molar refractivity (Wildman–Crippen MR) is 71.4 cm³/mol. The first kappa shape index (κ1) is 12.2. The van der Waals surface area contributed by atoms with Gasteiger partial charge in [0, 0.05) is 5.56 Å². The minimum Gasteiger partial charge on any atom is -0.424 e. The lowest BCUT2D eigenvalue weighted by atomic mass is 10.1. The van der Waals surface area contributed by atoms with E-state index in [-0.39, 0.29) is 0 Å². The molecule has 1 aromatic rings. The second-order valence-corrected chi connectivity index (χ2v) is 9.96. The SMILES string of the molecule is C[Si](C)(C)C#Cc1ccc(CO[SiH3])cc1. The molecule has 0 unspecified atom stereocenters. The molecule has 0 aliphatic heterocycles. The first-order valence-corrected chi connectivity index (χ1v) is 9.44. The molecule has 0 spiro atoms. The fourth-order valence-electron chi connectivity index (χ4n) is 1.11. The van der Waals surface area contributed by atoms with Crippen molar-refractivity contribution in [2.24, 2.45) is 0 Å². The second kappa shape index (κ2) is 5.31. The van der Waals surface area contributed by atoms with Crippen molar-refractivity contribution in [2.75, 3.05) is 0 Å². The zero-order chi connectivity index (χ0) is 11.3. The highest BCUT2D eigenvalue weighted by molar-refractivity contribution is 6.83. The van der Waals surface area contributed by atoms with Gasteiger partial charge in [0.1, 0.15) is 18.6 Å². The topological polar surface area (TPSA) is 9.23 Å². The molecule has 0 fully saturated rings. The van der Waals surface area contributed by atoms with Gasteiger partial charge in [-0.2, -0.15) is 0 Å². The van der Waals surface area contributed by atoms with Crippen molar-refractivity contribution in [3.8, 4) is 11.5 Å². The normalized spacial score (nSPS) is 10.9. The Balaban J connectivity index is 2.75. The van der Waals surface area contributed by atoms with Gasteiger partial charge in [-0.1, -0.05) is 37.7 Å². The molecule has 1 rings (SSSR count). The zero-order valence-corrected chi connectivity index (χ0v) is 12.9. The Kier molecular flexibility index (Phi) is 4.33. The minimum absolute atomic E-state index is 0.730.